The zero-order valence-electron chi connectivity index (χ0n) is 19.5. The number of H-pyrrole nitrogens is 2. The highest BCUT2D eigenvalue weighted by atomic mass is 19.4. The Bertz CT molecular complexity index is 1010. The van der Waals surface area contributed by atoms with Crippen molar-refractivity contribution in [2.75, 3.05) is 6.61 Å². The van der Waals surface area contributed by atoms with Crippen molar-refractivity contribution >= 4 is 17.9 Å². The van der Waals surface area contributed by atoms with Crippen LogP contribution in [-0.2, 0) is 32.0 Å². The van der Waals surface area contributed by atoms with Crippen molar-refractivity contribution < 1.29 is 41.8 Å². The molecule has 1 atom stereocenters. The van der Waals surface area contributed by atoms with Gasteiger partial charge in [-0.2, -0.15) is 13.2 Å². The molecule has 188 valence electrons. The van der Waals surface area contributed by atoms with Crippen molar-refractivity contribution in [1.29, 1.82) is 0 Å². The summed E-state index contributed by atoms with van der Waals surface area (Å²) in [5, 5.41) is 2.67. The lowest BCUT2D eigenvalue weighted by atomic mass is 10.0. The van der Waals surface area contributed by atoms with Crippen molar-refractivity contribution in [2.24, 2.45) is 0 Å². The minimum atomic E-state index is -5.29. The number of hydrogen-bond acceptors (Lipinski definition) is 7. The van der Waals surface area contributed by atoms with Gasteiger partial charge in [0.25, 0.3) is 0 Å². The van der Waals surface area contributed by atoms with Gasteiger partial charge in [0, 0.05) is 18.4 Å². The van der Waals surface area contributed by atoms with Gasteiger partial charge in [-0.15, -0.1) is 0 Å². The average Bonchev–Trinajstić information content (AvgIpc) is 3.36. The van der Waals surface area contributed by atoms with Crippen LogP contribution in [0.5, 0.6) is 0 Å². The molecular weight excluding hydrogens is 459 g/mol. The summed E-state index contributed by atoms with van der Waals surface area (Å²) in [7, 11) is 0. The summed E-state index contributed by atoms with van der Waals surface area (Å²) in [4.78, 5) is 42.8. The maximum Gasteiger partial charge on any atom is 0.490 e. The summed E-state index contributed by atoms with van der Waals surface area (Å²) in [6.45, 7) is 8.03. The molecule has 2 heterocycles. The van der Waals surface area contributed by atoms with Gasteiger partial charge in [0.1, 0.15) is 11.3 Å². The van der Waals surface area contributed by atoms with Crippen molar-refractivity contribution in [3.63, 3.8) is 0 Å². The number of aromatic amines is 2. The molecule has 12 heteroatoms. The lowest BCUT2D eigenvalue weighted by Gasteiger charge is -2.20. The van der Waals surface area contributed by atoms with Gasteiger partial charge < -0.3 is 24.2 Å². The Balaban J connectivity index is 2.61. The molecule has 0 saturated heterocycles. The molecule has 0 aliphatic rings. The molecular formula is C22H28F3N3O6. The van der Waals surface area contributed by atoms with E-state index < -0.39 is 35.9 Å². The summed E-state index contributed by atoms with van der Waals surface area (Å²) in [6.07, 6.45) is -5.32. The first-order chi connectivity index (χ1) is 15.8. The van der Waals surface area contributed by atoms with E-state index in [1.165, 1.54) is 0 Å². The molecule has 0 bridgehead atoms. The topological polar surface area (TPSA) is 123 Å². The van der Waals surface area contributed by atoms with E-state index in [-0.39, 0.29) is 42.1 Å². The minimum absolute atomic E-state index is 0.0305. The second-order valence-electron chi connectivity index (χ2n) is 8.20. The fourth-order valence-corrected chi connectivity index (χ4v) is 3.11. The average molecular weight is 487 g/mol. The van der Waals surface area contributed by atoms with E-state index in [0.717, 1.165) is 0 Å². The summed E-state index contributed by atoms with van der Waals surface area (Å²) >= 11 is 0. The van der Waals surface area contributed by atoms with Crippen LogP contribution in [0.3, 0.4) is 0 Å². The Morgan fingerprint density at radius 1 is 1.12 bits per heavy atom. The van der Waals surface area contributed by atoms with E-state index in [1.807, 2.05) is 0 Å². The smallest absolute Gasteiger partial charge is 0.462 e. The standard InChI is InChI=1S/C22H28F3N3O6/c1-6-13-14(18(29)32-7-2)16(28-15(13)19(30)34-21(3,4)5)17(33-20(31)22(23,24)25)27-11-12-9-8-10-26-12/h8-10,17,26-28H,6-7,11H2,1-5H3. The number of rotatable bonds is 9. The largest absolute Gasteiger partial charge is 0.490 e. The van der Waals surface area contributed by atoms with Crippen LogP contribution in [-0.4, -0.2) is 46.3 Å². The van der Waals surface area contributed by atoms with Gasteiger partial charge in [0.2, 0.25) is 0 Å². The van der Waals surface area contributed by atoms with E-state index in [0.29, 0.717) is 5.69 Å². The van der Waals surface area contributed by atoms with Crippen LogP contribution in [0.2, 0.25) is 0 Å². The van der Waals surface area contributed by atoms with Crippen LogP contribution in [0.1, 0.15) is 78.6 Å². The highest BCUT2D eigenvalue weighted by Crippen LogP contribution is 2.30. The molecule has 0 spiro atoms. The molecule has 2 aromatic heterocycles. The first kappa shape index (κ1) is 27.0. The normalized spacial score (nSPS) is 12.8. The summed E-state index contributed by atoms with van der Waals surface area (Å²) < 4.78 is 54.1. The minimum Gasteiger partial charge on any atom is -0.462 e. The molecule has 0 radical (unpaired) electrons. The molecule has 1 unspecified atom stereocenters. The van der Waals surface area contributed by atoms with Gasteiger partial charge in [-0.05, 0) is 51.8 Å². The zero-order valence-corrected chi connectivity index (χ0v) is 19.5. The van der Waals surface area contributed by atoms with Gasteiger partial charge in [-0.1, -0.05) is 6.92 Å². The van der Waals surface area contributed by atoms with Crippen LogP contribution >= 0.6 is 0 Å². The Morgan fingerprint density at radius 3 is 2.29 bits per heavy atom. The second-order valence-corrected chi connectivity index (χ2v) is 8.20. The Hall–Kier alpha value is -3.28. The van der Waals surface area contributed by atoms with Crippen molar-refractivity contribution in [2.45, 2.75) is 65.6 Å². The third kappa shape index (κ3) is 6.86. The molecule has 0 fully saturated rings. The first-order valence-corrected chi connectivity index (χ1v) is 10.6. The van der Waals surface area contributed by atoms with E-state index in [2.05, 4.69) is 20.0 Å². The van der Waals surface area contributed by atoms with Crippen molar-refractivity contribution in [3.05, 3.63) is 46.5 Å². The van der Waals surface area contributed by atoms with E-state index >= 15 is 0 Å². The van der Waals surface area contributed by atoms with E-state index in [9.17, 15) is 27.6 Å². The maximum atomic E-state index is 13.0. The quantitative estimate of drug-likeness (QED) is 0.278. The summed E-state index contributed by atoms with van der Waals surface area (Å²) in [5.74, 6) is -4.20. The van der Waals surface area contributed by atoms with Gasteiger partial charge in [-0.3, -0.25) is 5.32 Å². The molecule has 2 aromatic rings. The molecule has 0 aromatic carbocycles. The van der Waals surface area contributed by atoms with Crippen LogP contribution in [0, 0.1) is 0 Å². The Kier molecular flexibility index (Phi) is 8.54. The number of halogens is 3. The molecule has 0 aliphatic heterocycles. The van der Waals surface area contributed by atoms with Crippen LogP contribution in [0.4, 0.5) is 13.2 Å². The van der Waals surface area contributed by atoms with Crippen molar-refractivity contribution in [1.82, 2.24) is 15.3 Å². The number of carbonyl (C=O) groups is 3. The molecule has 0 amide bonds. The first-order valence-electron chi connectivity index (χ1n) is 10.6. The SMILES string of the molecule is CCOC(=O)c1c(C(NCc2ccc[nH]2)OC(=O)C(F)(F)F)[nH]c(C(=O)OC(C)(C)C)c1CC. The summed E-state index contributed by atoms with van der Waals surface area (Å²) in [6, 6.07) is 3.32. The maximum absolute atomic E-state index is 13.0. The number of alkyl halides is 3. The van der Waals surface area contributed by atoms with Crippen molar-refractivity contribution in [3.8, 4) is 0 Å². The lowest BCUT2D eigenvalue weighted by Crippen LogP contribution is -2.34. The van der Waals surface area contributed by atoms with Gasteiger partial charge in [-0.25, -0.2) is 14.4 Å². The second kappa shape index (κ2) is 10.8. The zero-order chi connectivity index (χ0) is 25.7. The molecule has 0 saturated carbocycles. The molecule has 34 heavy (non-hydrogen) atoms. The molecule has 3 N–H and O–H groups in total. The number of carbonyl (C=O) groups excluding carboxylic acids is 3. The highest BCUT2D eigenvalue weighted by Gasteiger charge is 2.44. The van der Waals surface area contributed by atoms with Gasteiger partial charge in [0.05, 0.1) is 17.9 Å². The molecule has 0 aliphatic carbocycles. The van der Waals surface area contributed by atoms with Crippen LogP contribution in [0.25, 0.3) is 0 Å². The number of aromatic nitrogens is 2. The highest BCUT2D eigenvalue weighted by molar-refractivity contribution is 5.99. The monoisotopic (exact) mass is 487 g/mol. The van der Waals surface area contributed by atoms with E-state index in [4.69, 9.17) is 9.47 Å². The number of ether oxygens (including phenoxy) is 3. The number of hydrogen-bond donors (Lipinski definition) is 3. The fraction of sp³-hybridized carbons (Fsp3) is 0.500. The Labute approximate surface area is 194 Å². The number of esters is 3. The number of nitrogens with one attached hydrogen (secondary N) is 3. The molecule has 2 rings (SSSR count). The van der Waals surface area contributed by atoms with Gasteiger partial charge in [0.15, 0.2) is 6.23 Å². The fourth-order valence-electron chi connectivity index (χ4n) is 3.11. The predicted octanol–water partition coefficient (Wildman–Crippen LogP) is 3.93. The predicted molar refractivity (Wildman–Crippen MR) is 114 cm³/mol. The van der Waals surface area contributed by atoms with Gasteiger partial charge >= 0.3 is 24.1 Å². The third-order valence-corrected chi connectivity index (χ3v) is 4.43. The third-order valence-electron chi connectivity index (χ3n) is 4.43. The van der Waals surface area contributed by atoms with Crippen LogP contribution < -0.4 is 5.32 Å². The Morgan fingerprint density at radius 2 is 1.79 bits per heavy atom. The van der Waals surface area contributed by atoms with E-state index in [1.54, 1.807) is 52.9 Å². The summed E-state index contributed by atoms with van der Waals surface area (Å²) in [5.41, 5.74) is -0.765. The lowest BCUT2D eigenvalue weighted by molar-refractivity contribution is -0.207. The van der Waals surface area contributed by atoms with Crippen LogP contribution in [0.15, 0.2) is 18.3 Å². The molecule has 9 nitrogen and oxygen atoms in total.